The molecule has 0 bridgehead atoms. The van der Waals surface area contributed by atoms with Gasteiger partial charge in [0, 0.05) is 4.47 Å². The lowest BCUT2D eigenvalue weighted by Gasteiger charge is -2.11. The number of ether oxygens (including phenoxy) is 1. The first kappa shape index (κ1) is 19.7. The number of carbonyl (C=O) groups excluding carboxylic acids is 1. The zero-order valence-corrected chi connectivity index (χ0v) is 17.4. The summed E-state index contributed by atoms with van der Waals surface area (Å²) in [7, 11) is 0. The SMILES string of the molecule is CCC/C(=N\NC(=O)COc1c(C)cc(Br)cc1Br)c1ccccc1. The van der Waals surface area contributed by atoms with Gasteiger partial charge in [0.2, 0.25) is 0 Å². The third-order valence-corrected chi connectivity index (χ3v) is 4.50. The second kappa shape index (κ2) is 9.73. The minimum atomic E-state index is -0.293. The molecule has 0 radical (unpaired) electrons. The van der Waals surface area contributed by atoms with E-state index in [4.69, 9.17) is 4.74 Å². The number of benzene rings is 2. The number of hydrogen-bond acceptors (Lipinski definition) is 3. The minimum Gasteiger partial charge on any atom is -0.482 e. The molecule has 1 amide bonds. The van der Waals surface area contributed by atoms with E-state index in [1.54, 1.807) is 0 Å². The maximum Gasteiger partial charge on any atom is 0.277 e. The van der Waals surface area contributed by atoms with Gasteiger partial charge in [-0.1, -0.05) is 59.6 Å². The summed E-state index contributed by atoms with van der Waals surface area (Å²) in [6.07, 6.45) is 1.74. The van der Waals surface area contributed by atoms with Gasteiger partial charge < -0.3 is 4.74 Å². The smallest absolute Gasteiger partial charge is 0.277 e. The van der Waals surface area contributed by atoms with Crippen molar-refractivity contribution in [1.29, 1.82) is 0 Å². The molecule has 0 saturated carbocycles. The summed E-state index contributed by atoms with van der Waals surface area (Å²) < 4.78 is 7.38. The van der Waals surface area contributed by atoms with Crippen molar-refractivity contribution >= 4 is 43.5 Å². The first-order chi connectivity index (χ1) is 12.0. The molecule has 4 nitrogen and oxygen atoms in total. The second-order valence-electron chi connectivity index (χ2n) is 5.53. The number of halogens is 2. The number of amides is 1. The highest BCUT2D eigenvalue weighted by molar-refractivity contribution is 9.11. The van der Waals surface area contributed by atoms with Crippen LogP contribution in [0.4, 0.5) is 0 Å². The van der Waals surface area contributed by atoms with Gasteiger partial charge in [-0.15, -0.1) is 0 Å². The van der Waals surface area contributed by atoms with Crippen LogP contribution in [0.2, 0.25) is 0 Å². The normalized spacial score (nSPS) is 11.3. The van der Waals surface area contributed by atoms with Crippen LogP contribution in [-0.4, -0.2) is 18.2 Å². The van der Waals surface area contributed by atoms with Crippen LogP contribution in [0.5, 0.6) is 5.75 Å². The van der Waals surface area contributed by atoms with E-state index in [1.807, 2.05) is 49.4 Å². The molecule has 1 N–H and O–H groups in total. The Bertz CT molecular complexity index is 738. The third kappa shape index (κ3) is 5.97. The maximum absolute atomic E-state index is 12.1. The summed E-state index contributed by atoms with van der Waals surface area (Å²) >= 11 is 6.87. The Kier molecular flexibility index (Phi) is 7.65. The van der Waals surface area contributed by atoms with E-state index in [2.05, 4.69) is 49.3 Å². The molecule has 2 aromatic rings. The van der Waals surface area contributed by atoms with Crippen molar-refractivity contribution in [2.24, 2.45) is 5.10 Å². The summed E-state index contributed by atoms with van der Waals surface area (Å²) in [5.41, 5.74) is 5.39. The van der Waals surface area contributed by atoms with Gasteiger partial charge in [0.05, 0.1) is 10.2 Å². The van der Waals surface area contributed by atoms with Crippen molar-refractivity contribution in [3.63, 3.8) is 0 Å². The topological polar surface area (TPSA) is 50.7 Å². The van der Waals surface area contributed by atoms with Gasteiger partial charge in [0.15, 0.2) is 6.61 Å². The first-order valence-electron chi connectivity index (χ1n) is 8.00. The lowest BCUT2D eigenvalue weighted by Crippen LogP contribution is -2.26. The number of hydrogen-bond donors (Lipinski definition) is 1. The van der Waals surface area contributed by atoms with Crippen molar-refractivity contribution in [3.8, 4) is 5.75 Å². The minimum absolute atomic E-state index is 0.0984. The van der Waals surface area contributed by atoms with Gasteiger partial charge in [0.1, 0.15) is 5.75 Å². The molecule has 2 aromatic carbocycles. The number of nitrogens with zero attached hydrogens (tertiary/aromatic N) is 1. The number of nitrogens with one attached hydrogen (secondary N) is 1. The third-order valence-electron chi connectivity index (χ3n) is 3.45. The van der Waals surface area contributed by atoms with Crippen LogP contribution in [0.25, 0.3) is 0 Å². The Labute approximate surface area is 164 Å². The highest BCUT2D eigenvalue weighted by Gasteiger charge is 2.10. The summed E-state index contributed by atoms with van der Waals surface area (Å²) in [5, 5.41) is 4.27. The number of carbonyl (C=O) groups is 1. The van der Waals surface area contributed by atoms with Crippen molar-refractivity contribution in [2.75, 3.05) is 6.61 Å². The summed E-state index contributed by atoms with van der Waals surface area (Å²) in [4.78, 5) is 12.1. The van der Waals surface area contributed by atoms with Crippen molar-refractivity contribution < 1.29 is 9.53 Å². The van der Waals surface area contributed by atoms with E-state index in [1.165, 1.54) is 0 Å². The first-order valence-corrected chi connectivity index (χ1v) is 9.59. The molecule has 0 saturated heterocycles. The average molecular weight is 468 g/mol. The number of rotatable bonds is 7. The van der Waals surface area contributed by atoms with Crippen molar-refractivity contribution in [1.82, 2.24) is 5.43 Å². The molecule has 25 heavy (non-hydrogen) atoms. The molecule has 0 unspecified atom stereocenters. The molecule has 2 rings (SSSR count). The Morgan fingerprint density at radius 1 is 1.20 bits per heavy atom. The highest BCUT2D eigenvalue weighted by Crippen LogP contribution is 2.32. The van der Waals surface area contributed by atoms with E-state index in [0.29, 0.717) is 5.75 Å². The molecule has 0 fully saturated rings. The van der Waals surface area contributed by atoms with Crippen LogP contribution in [0.1, 0.15) is 30.9 Å². The van der Waals surface area contributed by atoms with E-state index in [-0.39, 0.29) is 12.5 Å². The summed E-state index contributed by atoms with van der Waals surface area (Å²) in [6, 6.07) is 13.7. The Morgan fingerprint density at radius 3 is 2.56 bits per heavy atom. The van der Waals surface area contributed by atoms with Crippen LogP contribution in [0, 0.1) is 6.92 Å². The van der Waals surface area contributed by atoms with Gasteiger partial charge in [0.25, 0.3) is 5.91 Å². The van der Waals surface area contributed by atoms with Gasteiger partial charge in [-0.05, 0) is 52.5 Å². The van der Waals surface area contributed by atoms with Crippen molar-refractivity contribution in [3.05, 3.63) is 62.5 Å². The van der Waals surface area contributed by atoms with E-state index in [9.17, 15) is 4.79 Å². The van der Waals surface area contributed by atoms with E-state index < -0.39 is 0 Å². The predicted molar refractivity (Wildman–Crippen MR) is 108 cm³/mol. The number of hydrazone groups is 1. The van der Waals surface area contributed by atoms with Crippen LogP contribution >= 0.6 is 31.9 Å². The highest BCUT2D eigenvalue weighted by atomic mass is 79.9. The molecule has 0 aliphatic rings. The number of aryl methyl sites for hydroxylation is 1. The lowest BCUT2D eigenvalue weighted by atomic mass is 10.1. The average Bonchev–Trinajstić information content (AvgIpc) is 2.58. The van der Waals surface area contributed by atoms with Gasteiger partial charge in [-0.3, -0.25) is 4.79 Å². The maximum atomic E-state index is 12.1. The Hall–Kier alpha value is -1.66. The standard InChI is InChI=1S/C19H20Br2N2O2/c1-3-7-17(14-8-5-4-6-9-14)22-23-18(24)12-25-19-13(2)10-15(20)11-16(19)21/h4-6,8-11H,3,7,12H2,1-2H3,(H,23,24)/b22-17+. The Morgan fingerprint density at radius 2 is 1.92 bits per heavy atom. The molecule has 0 atom stereocenters. The van der Waals surface area contributed by atoms with E-state index in [0.717, 1.165) is 38.6 Å². The molecule has 6 heteroatoms. The molecule has 0 aliphatic carbocycles. The van der Waals surface area contributed by atoms with E-state index >= 15 is 0 Å². The summed E-state index contributed by atoms with van der Waals surface area (Å²) in [5.74, 6) is 0.359. The molecule has 0 spiro atoms. The molecular weight excluding hydrogens is 448 g/mol. The molecule has 0 aliphatic heterocycles. The molecule has 0 aromatic heterocycles. The molecular formula is C19H20Br2N2O2. The van der Waals surface area contributed by atoms with Gasteiger partial charge >= 0.3 is 0 Å². The van der Waals surface area contributed by atoms with Crippen LogP contribution in [0.15, 0.2) is 56.5 Å². The van der Waals surface area contributed by atoms with Crippen LogP contribution < -0.4 is 10.2 Å². The molecule has 0 heterocycles. The lowest BCUT2D eigenvalue weighted by molar-refractivity contribution is -0.123. The van der Waals surface area contributed by atoms with Gasteiger partial charge in [-0.25, -0.2) is 5.43 Å². The van der Waals surface area contributed by atoms with Crippen LogP contribution in [0.3, 0.4) is 0 Å². The van der Waals surface area contributed by atoms with Crippen LogP contribution in [-0.2, 0) is 4.79 Å². The van der Waals surface area contributed by atoms with Gasteiger partial charge in [-0.2, -0.15) is 5.10 Å². The molecule has 132 valence electrons. The Balaban J connectivity index is 1.99. The predicted octanol–water partition coefficient (Wildman–Crippen LogP) is 5.22. The second-order valence-corrected chi connectivity index (χ2v) is 7.30. The largest absolute Gasteiger partial charge is 0.482 e. The zero-order chi connectivity index (χ0) is 18.2. The fourth-order valence-corrected chi connectivity index (χ4v) is 3.86. The monoisotopic (exact) mass is 466 g/mol. The summed E-state index contributed by atoms with van der Waals surface area (Å²) in [6.45, 7) is 3.91. The zero-order valence-electron chi connectivity index (χ0n) is 14.2. The fourth-order valence-electron chi connectivity index (χ4n) is 2.30. The fraction of sp³-hybridized carbons (Fsp3) is 0.263. The van der Waals surface area contributed by atoms with Crippen molar-refractivity contribution in [2.45, 2.75) is 26.7 Å². The quantitative estimate of drug-likeness (QED) is 0.448.